The monoisotopic (exact) mass is 371 g/mol. The highest BCUT2D eigenvalue weighted by molar-refractivity contribution is 5.89. The molecule has 2 aliphatic rings. The normalized spacial score (nSPS) is 24.7. The number of carboxylic acids is 1. The highest BCUT2D eigenvalue weighted by Crippen LogP contribution is 2.40. The number of halogens is 3. The van der Waals surface area contributed by atoms with E-state index >= 15 is 0 Å². The summed E-state index contributed by atoms with van der Waals surface area (Å²) in [5.74, 6) is -2.56. The number of hydrogen-bond donors (Lipinski definition) is 2. The van der Waals surface area contributed by atoms with Crippen LogP contribution in [0.3, 0.4) is 0 Å². The number of alkyl halides is 3. The molecule has 0 aromatic heterocycles. The Balaban J connectivity index is 1.77. The Morgan fingerprint density at radius 2 is 1.92 bits per heavy atom. The molecule has 0 radical (unpaired) electrons. The first kappa shape index (κ1) is 18.7. The first-order chi connectivity index (χ1) is 12.2. The van der Waals surface area contributed by atoms with Gasteiger partial charge in [0.1, 0.15) is 0 Å². The van der Waals surface area contributed by atoms with E-state index in [2.05, 4.69) is 5.32 Å². The van der Waals surface area contributed by atoms with Crippen LogP contribution < -0.4 is 5.32 Å². The molecule has 1 heterocycles. The van der Waals surface area contributed by atoms with Crippen LogP contribution >= 0.6 is 0 Å². The van der Waals surface area contributed by atoms with Crippen molar-refractivity contribution in [3.63, 3.8) is 0 Å². The van der Waals surface area contributed by atoms with E-state index in [0.717, 1.165) is 12.1 Å². The van der Waals surface area contributed by atoms with Gasteiger partial charge in [0, 0.05) is 25.2 Å². The van der Waals surface area contributed by atoms with Crippen LogP contribution in [0.25, 0.3) is 0 Å². The molecule has 0 bridgehead atoms. The number of nitrogens with one attached hydrogen (secondary N) is 1. The number of carboxylic acid groups (broad SMARTS) is 1. The van der Waals surface area contributed by atoms with Crippen molar-refractivity contribution in [3.05, 3.63) is 35.4 Å². The second-order valence-electron chi connectivity index (χ2n) is 6.98. The predicted octanol–water partition coefficient (Wildman–Crippen LogP) is 2.59. The second kappa shape index (κ2) is 6.90. The highest BCUT2D eigenvalue weighted by Gasteiger charge is 2.49. The lowest BCUT2D eigenvalue weighted by molar-refractivity contribution is -0.140. The van der Waals surface area contributed by atoms with E-state index < -0.39 is 35.0 Å². The zero-order valence-electron chi connectivity index (χ0n) is 14.0. The molecule has 2 atom stereocenters. The van der Waals surface area contributed by atoms with Crippen LogP contribution in [0.2, 0.25) is 0 Å². The van der Waals surface area contributed by atoms with Gasteiger partial charge >= 0.3 is 12.1 Å². The minimum atomic E-state index is -4.44. The Kier molecular flexibility index (Phi) is 4.96. The molecule has 3 rings (SSSR count). The van der Waals surface area contributed by atoms with Crippen LogP contribution in [-0.2, 0) is 25.9 Å². The van der Waals surface area contributed by atoms with Crippen LogP contribution in [0.5, 0.6) is 0 Å². The van der Waals surface area contributed by atoms with Crippen LogP contribution in [0.15, 0.2) is 24.3 Å². The maximum atomic E-state index is 13.1. The summed E-state index contributed by atoms with van der Waals surface area (Å²) >= 11 is 0. The topological polar surface area (TPSA) is 75.6 Å². The van der Waals surface area contributed by atoms with Gasteiger partial charge in [0.05, 0.1) is 17.4 Å². The van der Waals surface area contributed by atoms with Crippen molar-refractivity contribution in [2.45, 2.75) is 30.9 Å². The van der Waals surface area contributed by atoms with E-state index in [1.54, 1.807) is 6.07 Å². The van der Waals surface area contributed by atoms with E-state index in [-0.39, 0.29) is 12.5 Å². The van der Waals surface area contributed by atoms with Crippen molar-refractivity contribution in [1.82, 2.24) is 5.32 Å². The number of aliphatic carboxylic acids is 1. The highest BCUT2D eigenvalue weighted by atomic mass is 19.4. The fraction of sp³-hybridized carbons (Fsp3) is 0.556. The van der Waals surface area contributed by atoms with Gasteiger partial charge in [-0.15, -0.1) is 0 Å². The molecule has 1 aliphatic carbocycles. The SMILES string of the molecule is O=C(O)[C@H]1C[C@H]1C(=O)NCC1(c2cccc(C(F)(F)F)c2)CCOCC1. The van der Waals surface area contributed by atoms with Crippen molar-refractivity contribution in [1.29, 1.82) is 0 Å². The summed E-state index contributed by atoms with van der Waals surface area (Å²) < 4.78 is 44.5. The smallest absolute Gasteiger partial charge is 0.416 e. The summed E-state index contributed by atoms with van der Waals surface area (Å²) in [6.07, 6.45) is -3.15. The van der Waals surface area contributed by atoms with Crippen molar-refractivity contribution >= 4 is 11.9 Å². The summed E-state index contributed by atoms with van der Waals surface area (Å²) in [7, 11) is 0. The van der Waals surface area contributed by atoms with E-state index in [1.165, 1.54) is 6.07 Å². The molecule has 8 heteroatoms. The molecule has 5 nitrogen and oxygen atoms in total. The number of carbonyl (C=O) groups is 2. The molecule has 1 saturated heterocycles. The second-order valence-corrected chi connectivity index (χ2v) is 6.98. The largest absolute Gasteiger partial charge is 0.481 e. The minimum absolute atomic E-state index is 0.166. The molecule has 0 unspecified atom stereocenters. The molecular weight excluding hydrogens is 351 g/mol. The van der Waals surface area contributed by atoms with Gasteiger partial charge in [-0.05, 0) is 30.9 Å². The summed E-state index contributed by atoms with van der Waals surface area (Å²) in [4.78, 5) is 23.1. The molecule has 2 fully saturated rings. The Morgan fingerprint density at radius 3 is 2.50 bits per heavy atom. The van der Waals surface area contributed by atoms with E-state index in [0.29, 0.717) is 38.0 Å². The molecule has 1 aromatic carbocycles. The molecule has 1 saturated carbocycles. The predicted molar refractivity (Wildman–Crippen MR) is 85.4 cm³/mol. The Bertz CT molecular complexity index is 698. The van der Waals surface area contributed by atoms with Crippen molar-refractivity contribution in [3.8, 4) is 0 Å². The quantitative estimate of drug-likeness (QED) is 0.834. The number of amides is 1. The van der Waals surface area contributed by atoms with Crippen LogP contribution in [0.4, 0.5) is 13.2 Å². The lowest BCUT2D eigenvalue weighted by atomic mass is 9.73. The van der Waals surface area contributed by atoms with Crippen molar-refractivity contribution in [2.75, 3.05) is 19.8 Å². The zero-order valence-corrected chi connectivity index (χ0v) is 14.0. The van der Waals surface area contributed by atoms with Gasteiger partial charge in [0.25, 0.3) is 0 Å². The number of ether oxygens (including phenoxy) is 1. The maximum Gasteiger partial charge on any atom is 0.416 e. The summed E-state index contributed by atoms with van der Waals surface area (Å²) in [6.45, 7) is 0.958. The van der Waals surface area contributed by atoms with Crippen LogP contribution in [0.1, 0.15) is 30.4 Å². The molecule has 1 aromatic rings. The third-order valence-electron chi connectivity index (χ3n) is 5.30. The average Bonchev–Trinajstić information content (AvgIpc) is 3.41. The number of rotatable bonds is 5. The van der Waals surface area contributed by atoms with Crippen LogP contribution in [-0.4, -0.2) is 36.7 Å². The maximum absolute atomic E-state index is 13.1. The molecule has 1 amide bonds. The Morgan fingerprint density at radius 1 is 1.23 bits per heavy atom. The first-order valence-electron chi connectivity index (χ1n) is 8.49. The van der Waals surface area contributed by atoms with Crippen LogP contribution in [0, 0.1) is 11.8 Å². The molecular formula is C18H20F3NO4. The van der Waals surface area contributed by atoms with Gasteiger partial charge in [-0.25, -0.2) is 0 Å². The van der Waals surface area contributed by atoms with E-state index in [1.807, 2.05) is 0 Å². The summed E-state index contributed by atoms with van der Waals surface area (Å²) in [5, 5.41) is 11.7. The molecule has 142 valence electrons. The fourth-order valence-corrected chi connectivity index (χ4v) is 3.50. The van der Waals surface area contributed by atoms with Gasteiger partial charge in [0.2, 0.25) is 5.91 Å². The average molecular weight is 371 g/mol. The first-order valence-corrected chi connectivity index (χ1v) is 8.49. The molecule has 2 N–H and O–H groups in total. The van der Waals surface area contributed by atoms with Crippen molar-refractivity contribution in [2.24, 2.45) is 11.8 Å². The molecule has 1 aliphatic heterocycles. The fourth-order valence-electron chi connectivity index (χ4n) is 3.50. The molecule has 0 spiro atoms. The lowest BCUT2D eigenvalue weighted by Crippen LogP contribution is -2.45. The number of benzene rings is 1. The molecule has 26 heavy (non-hydrogen) atoms. The van der Waals surface area contributed by atoms with Gasteiger partial charge in [-0.3, -0.25) is 9.59 Å². The number of hydrogen-bond acceptors (Lipinski definition) is 3. The third kappa shape index (κ3) is 3.85. The van der Waals surface area contributed by atoms with E-state index in [9.17, 15) is 22.8 Å². The summed E-state index contributed by atoms with van der Waals surface area (Å²) in [6, 6.07) is 5.17. The Labute approximate surface area is 148 Å². The lowest BCUT2D eigenvalue weighted by Gasteiger charge is -2.38. The van der Waals surface area contributed by atoms with Gasteiger partial charge < -0.3 is 15.2 Å². The zero-order chi connectivity index (χ0) is 18.9. The standard InChI is InChI=1S/C18H20F3NO4/c19-18(20,21)12-3-1-2-11(8-12)17(4-6-26-7-5-17)10-22-15(23)13-9-14(13)16(24)25/h1-3,8,13-14H,4-7,9-10H2,(H,22,23)(H,24,25)/t13-,14+/m1/s1. The summed E-state index contributed by atoms with van der Waals surface area (Å²) in [5.41, 5.74) is -0.857. The van der Waals surface area contributed by atoms with E-state index in [4.69, 9.17) is 9.84 Å². The van der Waals surface area contributed by atoms with Gasteiger partial charge in [-0.2, -0.15) is 13.2 Å². The van der Waals surface area contributed by atoms with Gasteiger partial charge in [-0.1, -0.05) is 18.2 Å². The third-order valence-corrected chi connectivity index (χ3v) is 5.30. The van der Waals surface area contributed by atoms with Crippen molar-refractivity contribution < 1.29 is 32.6 Å². The van der Waals surface area contributed by atoms with Gasteiger partial charge in [0.15, 0.2) is 0 Å². The minimum Gasteiger partial charge on any atom is -0.481 e. The number of carbonyl (C=O) groups excluding carboxylic acids is 1. The Hall–Kier alpha value is -2.09.